The molecule has 6 nitrogen and oxygen atoms in total. The Balaban J connectivity index is 4.23. The molecule has 0 aromatic carbocycles. The number of nitrogens with zero attached hydrogens (tertiary/aromatic N) is 1. The average Bonchev–Trinajstić information content (AvgIpc) is 2.80. The van der Waals surface area contributed by atoms with Crippen LogP contribution in [-0.4, -0.2) is 58.8 Å². The van der Waals surface area contributed by atoms with Gasteiger partial charge in [-0.2, -0.15) is 0 Å². The second-order valence-electron chi connectivity index (χ2n) is 11.1. The van der Waals surface area contributed by atoms with Gasteiger partial charge >= 0.3 is 7.82 Å². The highest BCUT2D eigenvalue weighted by atomic mass is 31.2. The van der Waals surface area contributed by atoms with Gasteiger partial charge in [-0.15, -0.1) is 0 Å². The first kappa shape index (κ1) is 35.0. The number of hydrogen-bond donors (Lipinski definition) is 3. The molecule has 3 N–H and O–H groups in total. The van der Waals surface area contributed by atoms with E-state index < -0.39 is 13.9 Å². The minimum atomic E-state index is -4.54. The van der Waals surface area contributed by atoms with Crippen molar-refractivity contribution >= 4 is 7.82 Å². The highest BCUT2D eigenvalue weighted by Crippen LogP contribution is 2.35. The minimum Gasteiger partial charge on any atom is -0.385 e. The molecule has 0 bridgehead atoms. The Labute approximate surface area is 218 Å². The quantitative estimate of drug-likeness (QED) is 0.0583. The Morgan fingerprint density at radius 2 is 0.943 bits per heavy atom. The molecule has 0 aliphatic heterocycles. The fourth-order valence-corrected chi connectivity index (χ4v) is 5.37. The van der Waals surface area contributed by atoms with Crippen LogP contribution in [-0.2, 0) is 9.09 Å². The van der Waals surface area contributed by atoms with Crippen LogP contribution in [0.15, 0.2) is 0 Å². The molecule has 0 amide bonds. The molecule has 1 atom stereocenters. The summed E-state index contributed by atoms with van der Waals surface area (Å²) in [5.41, 5.74) is 0. The molecule has 0 radical (unpaired) electrons. The van der Waals surface area contributed by atoms with Gasteiger partial charge < -0.3 is 19.4 Å². The Morgan fingerprint density at radius 1 is 0.629 bits per heavy atom. The van der Waals surface area contributed by atoms with E-state index in [-0.39, 0.29) is 6.61 Å². The summed E-state index contributed by atoms with van der Waals surface area (Å²) in [7, 11) is -2.36. The molecule has 212 valence electrons. The minimum absolute atomic E-state index is 0.311. The number of aliphatic hydroxyl groups is 1. The monoisotopic (exact) mass is 522 g/mol. The van der Waals surface area contributed by atoms with Gasteiger partial charge in [0, 0.05) is 0 Å². The van der Waals surface area contributed by atoms with E-state index in [2.05, 4.69) is 25.4 Å². The third-order valence-electron chi connectivity index (χ3n) is 7.19. The van der Waals surface area contributed by atoms with Crippen molar-refractivity contribution in [2.45, 2.75) is 148 Å². The summed E-state index contributed by atoms with van der Waals surface area (Å²) < 4.78 is 16.3. The summed E-state index contributed by atoms with van der Waals surface area (Å²) in [4.78, 5) is 17.9. The molecule has 0 spiro atoms. The Kier molecular flexibility index (Phi) is 23.2. The van der Waals surface area contributed by atoms with Gasteiger partial charge in [0.15, 0.2) is 0 Å². The number of aliphatic hydroxyl groups excluding tert-OH is 1. The number of phosphoric acid groups is 1. The molecule has 0 aliphatic rings. The van der Waals surface area contributed by atoms with Crippen molar-refractivity contribution in [3.63, 3.8) is 0 Å². The first-order chi connectivity index (χ1) is 16.7. The molecule has 0 aromatic rings. The first-order valence-corrected chi connectivity index (χ1v) is 16.5. The van der Waals surface area contributed by atoms with Crippen LogP contribution in [0, 0.1) is 0 Å². The third kappa shape index (κ3) is 25.5. The molecule has 0 aliphatic carbocycles. The van der Waals surface area contributed by atoms with E-state index in [4.69, 9.17) is 9.79 Å². The van der Waals surface area contributed by atoms with Gasteiger partial charge in [0.25, 0.3) is 0 Å². The number of unbranched alkanes of at least 4 members (excludes halogenated alkanes) is 18. The van der Waals surface area contributed by atoms with Crippen LogP contribution in [0.2, 0.25) is 0 Å². The number of rotatable bonds is 27. The van der Waals surface area contributed by atoms with Crippen molar-refractivity contribution in [1.29, 1.82) is 0 Å². The molecule has 0 saturated heterocycles. The van der Waals surface area contributed by atoms with Crippen LogP contribution >= 0.6 is 7.82 Å². The molecule has 7 heteroatoms. The van der Waals surface area contributed by atoms with Crippen molar-refractivity contribution in [3.8, 4) is 0 Å². The molecule has 1 unspecified atom stereocenters. The van der Waals surface area contributed by atoms with Crippen molar-refractivity contribution in [2.24, 2.45) is 0 Å². The fourth-order valence-electron chi connectivity index (χ4n) is 5.00. The van der Waals surface area contributed by atoms with E-state index in [1.165, 1.54) is 116 Å². The smallest absolute Gasteiger partial charge is 0.385 e. The summed E-state index contributed by atoms with van der Waals surface area (Å²) in [6, 6.07) is 0. The maximum atomic E-state index is 11.0. The lowest BCUT2D eigenvalue weighted by molar-refractivity contribution is -0.913. The molecule has 0 rings (SSSR count). The van der Waals surface area contributed by atoms with Gasteiger partial charge in [0.1, 0.15) is 12.6 Å². The zero-order valence-electron chi connectivity index (χ0n) is 23.6. The number of quaternary nitrogens is 1. The normalized spacial score (nSPS) is 13.4. The molecular formula is C28H61NO5P+. The molecule has 0 saturated carbocycles. The van der Waals surface area contributed by atoms with Gasteiger partial charge in [-0.1, -0.05) is 117 Å². The van der Waals surface area contributed by atoms with Gasteiger partial charge in [-0.05, 0) is 25.7 Å². The number of hydrogen-bond acceptors (Lipinski definition) is 3. The molecule has 0 fully saturated rings. The number of phosphoric ester groups is 1. The van der Waals surface area contributed by atoms with E-state index in [1.54, 1.807) is 0 Å². The lowest BCUT2D eigenvalue weighted by Gasteiger charge is -2.36. The summed E-state index contributed by atoms with van der Waals surface area (Å²) in [6.45, 7) is 6.68. The third-order valence-corrected chi connectivity index (χ3v) is 7.68. The van der Waals surface area contributed by atoms with Gasteiger partial charge in [0.2, 0.25) is 0 Å². The zero-order valence-corrected chi connectivity index (χ0v) is 24.5. The standard InChI is InChI=1S/C28H60NO5P/c1-4-6-8-10-12-14-16-18-20-22-24-29(3,26-28(30)27-34-35(31,32)33)25-23-21-19-17-15-13-11-9-7-5-2/h28,30H,4-27H2,1-3H3,(H-,31,32,33)/p+1. The van der Waals surface area contributed by atoms with E-state index in [9.17, 15) is 9.67 Å². The highest BCUT2D eigenvalue weighted by Gasteiger charge is 2.27. The van der Waals surface area contributed by atoms with Crippen molar-refractivity contribution in [3.05, 3.63) is 0 Å². The van der Waals surface area contributed by atoms with Crippen LogP contribution < -0.4 is 0 Å². The fraction of sp³-hybridized carbons (Fsp3) is 1.00. The van der Waals surface area contributed by atoms with Crippen LogP contribution in [0.5, 0.6) is 0 Å². The van der Waals surface area contributed by atoms with Gasteiger partial charge in [0.05, 0.1) is 26.7 Å². The topological polar surface area (TPSA) is 87.0 Å². The second-order valence-corrected chi connectivity index (χ2v) is 12.3. The summed E-state index contributed by atoms with van der Waals surface area (Å²) in [5.74, 6) is 0. The van der Waals surface area contributed by atoms with E-state index in [0.717, 1.165) is 30.4 Å². The SMILES string of the molecule is CCCCCCCCCCCC[N+](C)(CCCCCCCCCCCC)CC(O)COP(=O)(O)O. The van der Waals surface area contributed by atoms with Gasteiger partial charge in [-0.25, -0.2) is 4.57 Å². The van der Waals surface area contributed by atoms with Crippen LogP contribution in [0.3, 0.4) is 0 Å². The summed E-state index contributed by atoms with van der Waals surface area (Å²) in [6.07, 6.45) is 25.2. The van der Waals surface area contributed by atoms with Gasteiger partial charge in [-0.3, -0.25) is 4.52 Å². The maximum Gasteiger partial charge on any atom is 0.469 e. The highest BCUT2D eigenvalue weighted by molar-refractivity contribution is 7.46. The van der Waals surface area contributed by atoms with Crippen LogP contribution in [0.1, 0.15) is 142 Å². The molecule has 35 heavy (non-hydrogen) atoms. The van der Waals surface area contributed by atoms with E-state index >= 15 is 0 Å². The van der Waals surface area contributed by atoms with Crippen molar-refractivity contribution in [1.82, 2.24) is 0 Å². The predicted molar refractivity (Wildman–Crippen MR) is 148 cm³/mol. The van der Waals surface area contributed by atoms with E-state index in [0.29, 0.717) is 6.54 Å². The molecule has 0 aromatic heterocycles. The van der Waals surface area contributed by atoms with E-state index in [1.807, 2.05) is 0 Å². The Morgan fingerprint density at radius 3 is 1.26 bits per heavy atom. The van der Waals surface area contributed by atoms with Crippen molar-refractivity contribution < 1.29 is 28.5 Å². The largest absolute Gasteiger partial charge is 0.469 e. The predicted octanol–water partition coefficient (Wildman–Crippen LogP) is 7.75. The summed E-state index contributed by atoms with van der Waals surface area (Å²) >= 11 is 0. The molecule has 0 heterocycles. The Hall–Kier alpha value is 0.0300. The molecular weight excluding hydrogens is 461 g/mol. The zero-order chi connectivity index (χ0) is 26.3. The van der Waals surface area contributed by atoms with Crippen LogP contribution in [0.25, 0.3) is 0 Å². The second kappa shape index (κ2) is 23.2. The maximum absolute atomic E-state index is 11.0. The average molecular weight is 523 g/mol. The van der Waals surface area contributed by atoms with Crippen molar-refractivity contribution in [2.75, 3.05) is 33.3 Å². The lowest BCUT2D eigenvalue weighted by atomic mass is 10.1. The van der Waals surface area contributed by atoms with Crippen LogP contribution in [0.4, 0.5) is 0 Å². The number of likely N-dealkylation sites (N-methyl/N-ethyl adjacent to an activating group) is 1. The summed E-state index contributed by atoms with van der Waals surface area (Å²) in [5, 5.41) is 10.4. The Bertz CT molecular complexity index is 476. The first-order valence-electron chi connectivity index (χ1n) is 14.9. The lowest BCUT2D eigenvalue weighted by Crippen LogP contribution is -2.51.